The van der Waals surface area contributed by atoms with Crippen LogP contribution in [0.2, 0.25) is 0 Å². The minimum Gasteiger partial charge on any atom is -0.496 e. The molecule has 0 saturated carbocycles. The van der Waals surface area contributed by atoms with Crippen LogP contribution in [0.4, 0.5) is 0 Å². The Hall–Kier alpha value is -1.11. The summed E-state index contributed by atoms with van der Waals surface area (Å²) in [5.41, 5.74) is 0.841. The van der Waals surface area contributed by atoms with E-state index in [0.717, 1.165) is 18.4 Å². The Bertz CT molecular complexity index is 574. The number of piperidine rings is 1. The lowest BCUT2D eigenvalue weighted by Gasteiger charge is -2.31. The Kier molecular flexibility index (Phi) is 5.24. The van der Waals surface area contributed by atoms with E-state index in [-0.39, 0.29) is 6.04 Å². The molecule has 118 valence electrons. The molecule has 1 fully saturated rings. The monoisotopic (exact) mass is 312 g/mol. The van der Waals surface area contributed by atoms with Gasteiger partial charge in [-0.15, -0.1) is 0 Å². The van der Waals surface area contributed by atoms with Crippen molar-refractivity contribution in [1.82, 2.24) is 9.03 Å². The fourth-order valence-corrected chi connectivity index (χ4v) is 4.29. The first-order chi connectivity index (χ1) is 9.94. The topological polar surface area (TPSA) is 58.6 Å². The van der Waals surface area contributed by atoms with Crippen LogP contribution in [0.1, 0.15) is 38.3 Å². The van der Waals surface area contributed by atoms with Gasteiger partial charge in [-0.25, -0.2) is 0 Å². The molecule has 1 aliphatic heterocycles. The van der Waals surface area contributed by atoms with Crippen LogP contribution in [0.5, 0.6) is 5.75 Å². The minimum absolute atomic E-state index is 0.330. The summed E-state index contributed by atoms with van der Waals surface area (Å²) < 4.78 is 34.6. The van der Waals surface area contributed by atoms with Crippen molar-refractivity contribution < 1.29 is 13.2 Å². The molecule has 21 heavy (non-hydrogen) atoms. The number of ether oxygens (including phenoxy) is 1. The smallest absolute Gasteiger partial charge is 0.280 e. The van der Waals surface area contributed by atoms with Crippen molar-refractivity contribution in [3.8, 4) is 5.75 Å². The van der Waals surface area contributed by atoms with Gasteiger partial charge in [0, 0.05) is 24.7 Å². The number of methoxy groups -OCH3 is 1. The molecule has 2 rings (SSSR count). The highest BCUT2D eigenvalue weighted by atomic mass is 32.2. The number of hydrogen-bond donors (Lipinski definition) is 1. The number of nitrogens with zero attached hydrogens (tertiary/aromatic N) is 1. The van der Waals surface area contributed by atoms with Crippen molar-refractivity contribution in [2.75, 3.05) is 20.2 Å². The first-order valence-electron chi connectivity index (χ1n) is 7.34. The van der Waals surface area contributed by atoms with Crippen LogP contribution in [-0.2, 0) is 10.2 Å². The number of benzene rings is 1. The van der Waals surface area contributed by atoms with E-state index in [1.165, 1.54) is 0 Å². The second-order valence-corrected chi connectivity index (χ2v) is 7.39. The Morgan fingerprint density at radius 1 is 1.38 bits per heavy atom. The molecular weight excluding hydrogens is 288 g/mol. The third-order valence-electron chi connectivity index (χ3n) is 3.89. The van der Waals surface area contributed by atoms with Crippen LogP contribution >= 0.6 is 0 Å². The lowest BCUT2D eigenvalue weighted by molar-refractivity contribution is 0.277. The second-order valence-electron chi connectivity index (χ2n) is 5.69. The summed E-state index contributed by atoms with van der Waals surface area (Å²) in [4.78, 5) is 0. The van der Waals surface area contributed by atoms with Crippen molar-refractivity contribution >= 4 is 10.2 Å². The average Bonchev–Trinajstić information content (AvgIpc) is 2.46. The fourth-order valence-electron chi connectivity index (χ4n) is 2.75. The molecule has 0 spiro atoms. The van der Waals surface area contributed by atoms with Gasteiger partial charge in [-0.3, -0.25) is 0 Å². The van der Waals surface area contributed by atoms with Crippen LogP contribution in [0, 0.1) is 5.92 Å². The number of para-hydroxylation sites is 1. The van der Waals surface area contributed by atoms with E-state index in [2.05, 4.69) is 11.6 Å². The van der Waals surface area contributed by atoms with Gasteiger partial charge in [-0.2, -0.15) is 17.4 Å². The maximum atomic E-state index is 12.5. The SMILES string of the molecule is COc1ccccc1[C@H](C)NS(=O)(=O)N1CCC[C@@H](C)C1. The van der Waals surface area contributed by atoms with Gasteiger partial charge >= 0.3 is 0 Å². The minimum atomic E-state index is -3.46. The van der Waals surface area contributed by atoms with Crippen molar-refractivity contribution in [2.45, 2.75) is 32.7 Å². The van der Waals surface area contributed by atoms with Crippen LogP contribution in [-0.4, -0.2) is 32.9 Å². The van der Waals surface area contributed by atoms with Gasteiger partial charge < -0.3 is 4.74 Å². The molecule has 5 nitrogen and oxygen atoms in total. The highest BCUT2D eigenvalue weighted by Crippen LogP contribution is 2.26. The lowest BCUT2D eigenvalue weighted by Crippen LogP contribution is -2.46. The van der Waals surface area contributed by atoms with Crippen molar-refractivity contribution in [3.05, 3.63) is 29.8 Å². The van der Waals surface area contributed by atoms with Gasteiger partial charge in [0.1, 0.15) is 5.75 Å². The molecule has 1 aromatic carbocycles. The predicted molar refractivity (Wildman–Crippen MR) is 83.4 cm³/mol. The molecule has 0 radical (unpaired) electrons. The molecule has 0 bridgehead atoms. The molecule has 0 amide bonds. The highest BCUT2D eigenvalue weighted by molar-refractivity contribution is 7.87. The summed E-state index contributed by atoms with van der Waals surface area (Å²) in [6.07, 6.45) is 2.01. The van der Waals surface area contributed by atoms with Gasteiger partial charge in [0.2, 0.25) is 0 Å². The zero-order valence-electron chi connectivity index (χ0n) is 12.9. The zero-order valence-corrected chi connectivity index (χ0v) is 13.7. The molecule has 1 saturated heterocycles. The summed E-state index contributed by atoms with van der Waals surface area (Å²) in [5, 5.41) is 0. The maximum absolute atomic E-state index is 12.5. The van der Waals surface area contributed by atoms with Crippen LogP contribution in [0.3, 0.4) is 0 Å². The third-order valence-corrected chi connectivity index (χ3v) is 5.55. The standard InChI is InChI=1S/C15H24N2O3S/c1-12-7-6-10-17(11-12)21(18,19)16-13(2)14-8-4-5-9-15(14)20-3/h4-5,8-9,12-13,16H,6-7,10-11H2,1-3H3/t12-,13+/m1/s1. The molecule has 6 heteroatoms. The average molecular weight is 312 g/mol. The van der Waals surface area contributed by atoms with E-state index in [4.69, 9.17) is 4.74 Å². The second kappa shape index (κ2) is 6.77. The first-order valence-corrected chi connectivity index (χ1v) is 8.78. The molecule has 0 aromatic heterocycles. The quantitative estimate of drug-likeness (QED) is 0.908. The van der Waals surface area contributed by atoms with Crippen LogP contribution in [0.15, 0.2) is 24.3 Å². The molecule has 0 unspecified atom stereocenters. The first kappa shape index (κ1) is 16.3. The number of rotatable bonds is 5. The van der Waals surface area contributed by atoms with E-state index in [0.29, 0.717) is 24.8 Å². The zero-order chi connectivity index (χ0) is 15.5. The van der Waals surface area contributed by atoms with Gasteiger partial charge in [0.05, 0.1) is 7.11 Å². The Morgan fingerprint density at radius 2 is 2.10 bits per heavy atom. The molecule has 0 aliphatic carbocycles. The van der Waals surface area contributed by atoms with Gasteiger partial charge in [0.25, 0.3) is 10.2 Å². The molecule has 1 heterocycles. The number of hydrogen-bond acceptors (Lipinski definition) is 3. The van der Waals surface area contributed by atoms with Crippen LogP contribution in [0.25, 0.3) is 0 Å². The summed E-state index contributed by atoms with van der Waals surface area (Å²) in [7, 11) is -1.87. The summed E-state index contributed by atoms with van der Waals surface area (Å²) >= 11 is 0. The third kappa shape index (κ3) is 3.96. The van der Waals surface area contributed by atoms with Crippen LogP contribution < -0.4 is 9.46 Å². The van der Waals surface area contributed by atoms with Gasteiger partial charge in [-0.1, -0.05) is 25.1 Å². The van der Waals surface area contributed by atoms with Crippen molar-refractivity contribution in [1.29, 1.82) is 0 Å². The maximum Gasteiger partial charge on any atom is 0.280 e. The summed E-state index contributed by atoms with van der Waals surface area (Å²) in [6.45, 7) is 5.11. The molecule has 2 atom stereocenters. The van der Waals surface area contributed by atoms with E-state index < -0.39 is 10.2 Å². The van der Waals surface area contributed by atoms with Crippen molar-refractivity contribution in [2.24, 2.45) is 5.92 Å². The summed E-state index contributed by atoms with van der Waals surface area (Å²) in [6, 6.07) is 7.14. The van der Waals surface area contributed by atoms with Gasteiger partial charge in [-0.05, 0) is 31.7 Å². The largest absolute Gasteiger partial charge is 0.496 e. The lowest BCUT2D eigenvalue weighted by atomic mass is 10.0. The molecule has 1 aliphatic rings. The summed E-state index contributed by atoms with van der Waals surface area (Å²) in [5.74, 6) is 1.11. The van der Waals surface area contributed by atoms with E-state index in [1.54, 1.807) is 11.4 Å². The Morgan fingerprint density at radius 3 is 2.76 bits per heavy atom. The number of nitrogens with one attached hydrogen (secondary N) is 1. The predicted octanol–water partition coefficient (Wildman–Crippen LogP) is 2.32. The van der Waals surface area contributed by atoms with Crippen molar-refractivity contribution in [3.63, 3.8) is 0 Å². The normalized spacial score (nSPS) is 22.0. The molecule has 1 aromatic rings. The Balaban J connectivity index is 2.12. The fraction of sp³-hybridized carbons (Fsp3) is 0.600. The molecular formula is C15H24N2O3S. The van der Waals surface area contributed by atoms with E-state index in [9.17, 15) is 8.42 Å². The Labute approximate surface area is 127 Å². The molecule has 1 N–H and O–H groups in total. The van der Waals surface area contributed by atoms with E-state index >= 15 is 0 Å². The van der Waals surface area contributed by atoms with E-state index in [1.807, 2.05) is 31.2 Å². The van der Waals surface area contributed by atoms with Gasteiger partial charge in [0.15, 0.2) is 0 Å². The highest BCUT2D eigenvalue weighted by Gasteiger charge is 2.28.